The van der Waals surface area contributed by atoms with Crippen molar-refractivity contribution in [3.63, 3.8) is 0 Å². The molecule has 0 radical (unpaired) electrons. The first-order chi connectivity index (χ1) is 9.20. The van der Waals surface area contributed by atoms with Crippen molar-refractivity contribution in [3.05, 3.63) is 29.8 Å². The molecule has 0 saturated carbocycles. The van der Waals surface area contributed by atoms with Gasteiger partial charge in [-0.15, -0.1) is 0 Å². The van der Waals surface area contributed by atoms with Crippen LogP contribution >= 0.6 is 0 Å². The number of unbranched alkanes of at least 4 members (excludes halogenated alkanes) is 2. The minimum Gasteiger partial charge on any atom is -1.00 e. The van der Waals surface area contributed by atoms with E-state index in [2.05, 4.69) is 52.0 Å². The molecule has 0 N–H and O–H groups in total. The highest BCUT2D eigenvalue weighted by molar-refractivity contribution is 5.49. The molecule has 2 heteroatoms. The second-order valence-corrected chi connectivity index (χ2v) is 5.81. The molecule has 116 valence electrons. The highest BCUT2D eigenvalue weighted by atomic mass is 35.5. The number of quaternary nitrogens is 1. The Hall–Kier alpha value is -0.530. The molecule has 1 nitrogen and oxygen atoms in total. The average molecular weight is 298 g/mol. The zero-order valence-electron chi connectivity index (χ0n) is 13.8. The minimum atomic E-state index is 0. The molecule has 0 aromatic heterocycles. The van der Waals surface area contributed by atoms with Crippen LogP contribution in [0.2, 0.25) is 0 Å². The van der Waals surface area contributed by atoms with Crippen LogP contribution in [0.4, 0.5) is 5.69 Å². The van der Waals surface area contributed by atoms with Crippen molar-refractivity contribution in [2.75, 3.05) is 19.6 Å². The molecule has 0 bridgehead atoms. The lowest BCUT2D eigenvalue weighted by Crippen LogP contribution is -3.00. The average Bonchev–Trinajstić information content (AvgIpc) is 2.40. The van der Waals surface area contributed by atoms with Gasteiger partial charge in [0, 0.05) is 5.56 Å². The molecule has 0 fully saturated rings. The Kier molecular flexibility index (Phi) is 9.96. The molecule has 1 aromatic carbocycles. The largest absolute Gasteiger partial charge is 1.00 e. The molecule has 0 saturated heterocycles. The third-order valence-electron chi connectivity index (χ3n) is 4.12. The minimum absolute atomic E-state index is 0. The molecule has 0 amide bonds. The first-order valence-corrected chi connectivity index (χ1v) is 8.12. The number of benzene rings is 1. The Morgan fingerprint density at radius 3 is 1.90 bits per heavy atom. The maximum absolute atomic E-state index is 2.35. The van der Waals surface area contributed by atoms with Gasteiger partial charge in [0.05, 0.1) is 19.6 Å². The number of rotatable bonds is 9. The molecule has 0 aliphatic rings. The third kappa shape index (κ3) is 5.10. The maximum atomic E-state index is 2.35. The Morgan fingerprint density at radius 2 is 1.40 bits per heavy atom. The summed E-state index contributed by atoms with van der Waals surface area (Å²) in [6.07, 6.45) is 6.55. The van der Waals surface area contributed by atoms with Gasteiger partial charge in [0.2, 0.25) is 0 Å². The summed E-state index contributed by atoms with van der Waals surface area (Å²) in [5.41, 5.74) is 3.02. The van der Waals surface area contributed by atoms with E-state index in [4.69, 9.17) is 0 Å². The summed E-state index contributed by atoms with van der Waals surface area (Å²) < 4.78 is 1.19. The van der Waals surface area contributed by atoms with Crippen molar-refractivity contribution >= 4 is 5.69 Å². The summed E-state index contributed by atoms with van der Waals surface area (Å²) in [5.74, 6) is 0. The first-order valence-electron chi connectivity index (χ1n) is 8.12. The molecule has 0 atom stereocenters. The topological polar surface area (TPSA) is 0 Å². The van der Waals surface area contributed by atoms with Crippen LogP contribution in [0, 0.1) is 6.92 Å². The smallest absolute Gasteiger partial charge is 0.135 e. The Bertz CT molecular complexity index is 356. The molecular weight excluding hydrogens is 266 g/mol. The molecule has 0 aliphatic heterocycles. The van der Waals surface area contributed by atoms with Crippen molar-refractivity contribution in [2.45, 2.75) is 59.8 Å². The first kappa shape index (κ1) is 19.5. The molecule has 20 heavy (non-hydrogen) atoms. The number of para-hydroxylation sites is 1. The van der Waals surface area contributed by atoms with E-state index in [1.54, 1.807) is 5.69 Å². The van der Waals surface area contributed by atoms with Gasteiger partial charge in [0.25, 0.3) is 0 Å². The Balaban J connectivity index is 0.00000361. The summed E-state index contributed by atoms with van der Waals surface area (Å²) >= 11 is 0. The van der Waals surface area contributed by atoms with Gasteiger partial charge in [-0.3, -0.25) is 4.48 Å². The van der Waals surface area contributed by atoms with Gasteiger partial charge in [-0.1, -0.05) is 45.4 Å². The van der Waals surface area contributed by atoms with Crippen molar-refractivity contribution < 1.29 is 12.4 Å². The zero-order chi connectivity index (χ0) is 14.1. The summed E-state index contributed by atoms with van der Waals surface area (Å²) in [6, 6.07) is 9.00. The zero-order valence-corrected chi connectivity index (χ0v) is 14.5. The van der Waals surface area contributed by atoms with E-state index >= 15 is 0 Å². The van der Waals surface area contributed by atoms with Gasteiger partial charge in [-0.25, -0.2) is 0 Å². The summed E-state index contributed by atoms with van der Waals surface area (Å²) in [5, 5.41) is 0. The van der Waals surface area contributed by atoms with E-state index in [0.717, 1.165) is 0 Å². The fraction of sp³-hybridized carbons (Fsp3) is 0.667. The molecule has 0 heterocycles. The molecular formula is C18H32ClN. The van der Waals surface area contributed by atoms with Gasteiger partial charge in [0.1, 0.15) is 5.69 Å². The fourth-order valence-corrected chi connectivity index (χ4v) is 3.31. The van der Waals surface area contributed by atoms with Gasteiger partial charge in [-0.2, -0.15) is 0 Å². The van der Waals surface area contributed by atoms with Crippen LogP contribution in [0.3, 0.4) is 0 Å². The predicted octanol–water partition coefficient (Wildman–Crippen LogP) is 2.32. The summed E-state index contributed by atoms with van der Waals surface area (Å²) in [4.78, 5) is 0. The van der Waals surface area contributed by atoms with E-state index in [9.17, 15) is 0 Å². The molecule has 1 rings (SSSR count). The van der Waals surface area contributed by atoms with Crippen LogP contribution in [0.5, 0.6) is 0 Å². The normalized spacial score (nSPS) is 11.2. The second-order valence-electron chi connectivity index (χ2n) is 5.81. The number of hydrogen-bond donors (Lipinski definition) is 0. The second kappa shape index (κ2) is 10.2. The number of aryl methyl sites for hydroxylation is 1. The maximum Gasteiger partial charge on any atom is 0.135 e. The standard InChI is InChI=1S/C18H32N.ClH/c1-5-8-11-16-19(14-6-2,15-7-3)18-13-10-9-12-17(18)4;/h9-10,12-13H,5-8,11,14-16H2,1-4H3;1H/q+1;/p-1. The lowest BCUT2D eigenvalue weighted by atomic mass is 10.1. The van der Waals surface area contributed by atoms with Crippen LogP contribution in [0.15, 0.2) is 24.3 Å². The molecule has 1 aromatic rings. The number of nitrogens with zero attached hydrogens (tertiary/aromatic N) is 1. The van der Waals surface area contributed by atoms with Gasteiger partial charge in [0.15, 0.2) is 0 Å². The quantitative estimate of drug-likeness (QED) is 0.485. The Morgan fingerprint density at radius 1 is 0.800 bits per heavy atom. The fourth-order valence-electron chi connectivity index (χ4n) is 3.31. The lowest BCUT2D eigenvalue weighted by molar-refractivity contribution is -0.00000431. The van der Waals surface area contributed by atoms with E-state index in [-0.39, 0.29) is 12.4 Å². The summed E-state index contributed by atoms with van der Waals surface area (Å²) in [7, 11) is 0. The van der Waals surface area contributed by atoms with Crippen LogP contribution in [0.1, 0.15) is 58.4 Å². The van der Waals surface area contributed by atoms with Crippen LogP contribution in [0.25, 0.3) is 0 Å². The predicted molar refractivity (Wildman–Crippen MR) is 87.7 cm³/mol. The van der Waals surface area contributed by atoms with Crippen LogP contribution in [-0.2, 0) is 0 Å². The monoisotopic (exact) mass is 297 g/mol. The highest BCUT2D eigenvalue weighted by Gasteiger charge is 2.29. The highest BCUT2D eigenvalue weighted by Crippen LogP contribution is 2.29. The number of halogens is 1. The van der Waals surface area contributed by atoms with E-state index < -0.39 is 0 Å². The summed E-state index contributed by atoms with van der Waals surface area (Å²) in [6.45, 7) is 13.1. The van der Waals surface area contributed by atoms with Crippen LogP contribution in [-0.4, -0.2) is 19.6 Å². The van der Waals surface area contributed by atoms with Crippen molar-refractivity contribution in [3.8, 4) is 0 Å². The lowest BCUT2D eigenvalue weighted by Gasteiger charge is -2.39. The molecule has 0 aliphatic carbocycles. The van der Waals surface area contributed by atoms with E-state index in [0.29, 0.717) is 0 Å². The Labute approximate surface area is 132 Å². The number of hydrogen-bond acceptors (Lipinski definition) is 0. The van der Waals surface area contributed by atoms with Gasteiger partial charge < -0.3 is 12.4 Å². The van der Waals surface area contributed by atoms with E-state index in [1.165, 1.54) is 61.8 Å². The van der Waals surface area contributed by atoms with E-state index in [1.807, 2.05) is 0 Å². The third-order valence-corrected chi connectivity index (χ3v) is 4.12. The van der Waals surface area contributed by atoms with Gasteiger partial charge >= 0.3 is 0 Å². The SMILES string of the molecule is CCCCC[N+](CCC)(CCC)c1ccccc1C.[Cl-]. The molecule has 0 spiro atoms. The van der Waals surface area contributed by atoms with Gasteiger partial charge in [-0.05, 0) is 38.7 Å². The van der Waals surface area contributed by atoms with Crippen molar-refractivity contribution in [1.29, 1.82) is 0 Å². The van der Waals surface area contributed by atoms with Crippen molar-refractivity contribution in [1.82, 2.24) is 4.48 Å². The van der Waals surface area contributed by atoms with Crippen molar-refractivity contribution in [2.24, 2.45) is 0 Å². The van der Waals surface area contributed by atoms with Crippen LogP contribution < -0.4 is 16.9 Å². The molecule has 0 unspecified atom stereocenters.